The van der Waals surface area contributed by atoms with E-state index in [1.807, 2.05) is 25.5 Å². The van der Waals surface area contributed by atoms with Gasteiger partial charge in [0.05, 0.1) is 17.3 Å². The first-order valence-corrected chi connectivity index (χ1v) is 7.37. The predicted molar refractivity (Wildman–Crippen MR) is 85.2 cm³/mol. The molecule has 1 aromatic carbocycles. The Kier molecular flexibility index (Phi) is 3.97. The molecular formula is C17H20N4. The maximum atomic E-state index is 4.45. The number of pyridine rings is 1. The molecule has 0 saturated heterocycles. The van der Waals surface area contributed by atoms with Gasteiger partial charge in [0.1, 0.15) is 0 Å². The molecule has 0 aliphatic rings. The van der Waals surface area contributed by atoms with Gasteiger partial charge in [-0.25, -0.2) is 0 Å². The van der Waals surface area contributed by atoms with Crippen molar-refractivity contribution in [3.63, 3.8) is 0 Å². The van der Waals surface area contributed by atoms with Crippen molar-refractivity contribution in [2.75, 3.05) is 7.05 Å². The van der Waals surface area contributed by atoms with E-state index in [-0.39, 0.29) is 6.04 Å². The molecule has 0 amide bonds. The summed E-state index contributed by atoms with van der Waals surface area (Å²) in [4.78, 5) is 4.45. The van der Waals surface area contributed by atoms with Crippen molar-refractivity contribution in [3.8, 4) is 0 Å². The highest BCUT2D eigenvalue weighted by molar-refractivity contribution is 5.82. The molecule has 4 nitrogen and oxygen atoms in total. The highest BCUT2D eigenvalue weighted by atomic mass is 15.3. The third-order valence-corrected chi connectivity index (χ3v) is 3.76. The van der Waals surface area contributed by atoms with Crippen LogP contribution in [0.2, 0.25) is 0 Å². The van der Waals surface area contributed by atoms with Gasteiger partial charge in [-0.1, -0.05) is 25.1 Å². The van der Waals surface area contributed by atoms with E-state index in [1.54, 1.807) is 0 Å². The maximum absolute atomic E-state index is 4.45. The SMILES string of the molecule is CCCn1nccc1C(NC)c1ccnc2ccccc12. The second-order valence-electron chi connectivity index (χ2n) is 5.12. The molecular weight excluding hydrogens is 260 g/mol. The van der Waals surface area contributed by atoms with E-state index in [1.165, 1.54) is 16.6 Å². The Labute approximate surface area is 124 Å². The summed E-state index contributed by atoms with van der Waals surface area (Å²) in [6, 6.07) is 12.6. The average Bonchev–Trinajstić information content (AvgIpc) is 2.97. The molecule has 3 aromatic rings. The summed E-state index contributed by atoms with van der Waals surface area (Å²) in [5.74, 6) is 0. The Morgan fingerprint density at radius 3 is 2.81 bits per heavy atom. The normalized spacial score (nSPS) is 12.7. The lowest BCUT2D eigenvalue weighted by Gasteiger charge is -2.20. The number of nitrogens with one attached hydrogen (secondary N) is 1. The van der Waals surface area contributed by atoms with Crippen molar-refractivity contribution in [2.45, 2.75) is 25.9 Å². The van der Waals surface area contributed by atoms with Crippen molar-refractivity contribution in [1.29, 1.82) is 0 Å². The minimum Gasteiger partial charge on any atom is -0.308 e. The molecule has 108 valence electrons. The van der Waals surface area contributed by atoms with E-state index in [9.17, 15) is 0 Å². The molecule has 0 spiro atoms. The maximum Gasteiger partial charge on any atom is 0.0752 e. The van der Waals surface area contributed by atoms with Crippen molar-refractivity contribution >= 4 is 10.9 Å². The summed E-state index contributed by atoms with van der Waals surface area (Å²) < 4.78 is 2.08. The van der Waals surface area contributed by atoms with Crippen LogP contribution in [0.5, 0.6) is 0 Å². The quantitative estimate of drug-likeness (QED) is 0.780. The molecule has 0 aliphatic heterocycles. The van der Waals surface area contributed by atoms with E-state index < -0.39 is 0 Å². The van der Waals surface area contributed by atoms with Crippen LogP contribution in [0.15, 0.2) is 48.8 Å². The molecule has 3 rings (SSSR count). The van der Waals surface area contributed by atoms with Gasteiger partial charge in [0.2, 0.25) is 0 Å². The summed E-state index contributed by atoms with van der Waals surface area (Å²) >= 11 is 0. The van der Waals surface area contributed by atoms with E-state index >= 15 is 0 Å². The number of benzene rings is 1. The van der Waals surface area contributed by atoms with Crippen LogP contribution in [0.4, 0.5) is 0 Å². The van der Waals surface area contributed by atoms with Crippen molar-refractivity contribution < 1.29 is 0 Å². The van der Waals surface area contributed by atoms with Gasteiger partial charge in [0.15, 0.2) is 0 Å². The lowest BCUT2D eigenvalue weighted by atomic mass is 9.99. The predicted octanol–water partition coefficient (Wildman–Crippen LogP) is 3.15. The molecule has 2 heterocycles. The summed E-state index contributed by atoms with van der Waals surface area (Å²) in [6.07, 6.45) is 4.82. The second kappa shape index (κ2) is 6.06. The van der Waals surface area contributed by atoms with Crippen LogP contribution in [0, 0.1) is 0 Å². The number of hydrogen-bond acceptors (Lipinski definition) is 3. The van der Waals surface area contributed by atoms with Crippen LogP contribution in [-0.4, -0.2) is 21.8 Å². The van der Waals surface area contributed by atoms with Crippen LogP contribution >= 0.6 is 0 Å². The standard InChI is InChI=1S/C17H20N4/c1-3-12-21-16(9-11-20-21)17(18-2)14-8-10-19-15-7-5-4-6-13(14)15/h4-11,17-18H,3,12H2,1-2H3. The molecule has 0 bridgehead atoms. The Bertz CT molecular complexity index is 727. The van der Waals surface area contributed by atoms with Gasteiger partial charge in [0.25, 0.3) is 0 Å². The summed E-state index contributed by atoms with van der Waals surface area (Å²) in [6.45, 7) is 3.10. The summed E-state index contributed by atoms with van der Waals surface area (Å²) in [7, 11) is 1.99. The number of para-hydroxylation sites is 1. The van der Waals surface area contributed by atoms with Gasteiger partial charge < -0.3 is 5.32 Å². The number of aromatic nitrogens is 3. The number of aryl methyl sites for hydroxylation is 1. The first kappa shape index (κ1) is 13.8. The lowest BCUT2D eigenvalue weighted by Crippen LogP contribution is -2.22. The molecule has 0 saturated carbocycles. The van der Waals surface area contributed by atoms with Crippen LogP contribution in [0.3, 0.4) is 0 Å². The minimum atomic E-state index is 0.118. The zero-order valence-corrected chi connectivity index (χ0v) is 12.5. The highest BCUT2D eigenvalue weighted by Crippen LogP contribution is 2.27. The zero-order chi connectivity index (χ0) is 14.7. The van der Waals surface area contributed by atoms with Crippen LogP contribution in [0.25, 0.3) is 10.9 Å². The van der Waals surface area contributed by atoms with Gasteiger partial charge in [-0.2, -0.15) is 5.10 Å². The fourth-order valence-corrected chi connectivity index (χ4v) is 2.82. The Morgan fingerprint density at radius 1 is 1.14 bits per heavy atom. The fourth-order valence-electron chi connectivity index (χ4n) is 2.82. The van der Waals surface area contributed by atoms with Gasteiger partial charge in [-0.15, -0.1) is 0 Å². The smallest absolute Gasteiger partial charge is 0.0752 e. The van der Waals surface area contributed by atoms with E-state index in [2.05, 4.69) is 57.3 Å². The zero-order valence-electron chi connectivity index (χ0n) is 12.5. The number of fused-ring (bicyclic) bond motifs is 1. The molecule has 0 aliphatic carbocycles. The number of rotatable bonds is 5. The number of hydrogen-bond donors (Lipinski definition) is 1. The second-order valence-corrected chi connectivity index (χ2v) is 5.12. The van der Waals surface area contributed by atoms with Crippen molar-refractivity contribution in [2.24, 2.45) is 0 Å². The fraction of sp³-hybridized carbons (Fsp3) is 0.294. The topological polar surface area (TPSA) is 42.7 Å². The van der Waals surface area contributed by atoms with Crippen LogP contribution in [0.1, 0.15) is 30.6 Å². The van der Waals surface area contributed by atoms with E-state index in [0.717, 1.165) is 18.5 Å². The third kappa shape index (κ3) is 2.54. The monoisotopic (exact) mass is 280 g/mol. The largest absolute Gasteiger partial charge is 0.308 e. The van der Waals surface area contributed by atoms with E-state index in [4.69, 9.17) is 0 Å². The highest BCUT2D eigenvalue weighted by Gasteiger charge is 2.18. The van der Waals surface area contributed by atoms with Crippen LogP contribution < -0.4 is 5.32 Å². The molecule has 1 atom stereocenters. The van der Waals surface area contributed by atoms with Crippen molar-refractivity contribution in [3.05, 3.63) is 60.0 Å². The van der Waals surface area contributed by atoms with Gasteiger partial charge in [-0.3, -0.25) is 9.67 Å². The van der Waals surface area contributed by atoms with Crippen molar-refractivity contribution in [1.82, 2.24) is 20.1 Å². The van der Waals surface area contributed by atoms with Gasteiger partial charge in [-0.05, 0) is 37.2 Å². The van der Waals surface area contributed by atoms with Gasteiger partial charge >= 0.3 is 0 Å². The first-order chi connectivity index (χ1) is 10.3. The Balaban J connectivity index is 2.12. The molecule has 4 heteroatoms. The Morgan fingerprint density at radius 2 is 2.00 bits per heavy atom. The minimum absolute atomic E-state index is 0.118. The molecule has 0 fully saturated rings. The molecule has 21 heavy (non-hydrogen) atoms. The summed E-state index contributed by atoms with van der Waals surface area (Å²) in [5, 5.41) is 9.05. The first-order valence-electron chi connectivity index (χ1n) is 7.37. The molecule has 2 aromatic heterocycles. The van der Waals surface area contributed by atoms with Gasteiger partial charge in [0, 0.05) is 24.3 Å². The third-order valence-electron chi connectivity index (χ3n) is 3.76. The summed E-state index contributed by atoms with van der Waals surface area (Å²) in [5.41, 5.74) is 3.45. The number of nitrogens with zero attached hydrogens (tertiary/aromatic N) is 3. The average molecular weight is 280 g/mol. The Hall–Kier alpha value is -2.20. The lowest BCUT2D eigenvalue weighted by molar-refractivity contribution is 0.536. The molecule has 1 N–H and O–H groups in total. The molecule has 1 unspecified atom stereocenters. The molecule has 0 radical (unpaired) electrons. The van der Waals surface area contributed by atoms with Crippen LogP contribution in [-0.2, 0) is 6.54 Å². The van der Waals surface area contributed by atoms with E-state index in [0.29, 0.717) is 0 Å².